The van der Waals surface area contributed by atoms with E-state index < -0.39 is 0 Å². The fourth-order valence-corrected chi connectivity index (χ4v) is 4.15. The van der Waals surface area contributed by atoms with Crippen LogP contribution in [0.25, 0.3) is 0 Å². The van der Waals surface area contributed by atoms with E-state index in [1.54, 1.807) is 24.4 Å². The lowest BCUT2D eigenvalue weighted by molar-refractivity contribution is -0.0980. The van der Waals surface area contributed by atoms with Crippen LogP contribution in [-0.4, -0.2) is 39.0 Å². The maximum atomic E-state index is 12.8. The Morgan fingerprint density at radius 1 is 0.907 bits per heavy atom. The minimum absolute atomic E-state index is 0.0369. The lowest BCUT2D eigenvalue weighted by Gasteiger charge is -2.16. The lowest BCUT2D eigenvalue weighted by Crippen LogP contribution is -2.13. The van der Waals surface area contributed by atoms with Crippen LogP contribution in [0.4, 0.5) is 4.39 Å². The van der Waals surface area contributed by atoms with Gasteiger partial charge in [0, 0.05) is 12.3 Å². The predicted octanol–water partition coefficient (Wildman–Crippen LogP) is 8.38. The molecule has 0 spiro atoms. The zero-order chi connectivity index (χ0) is 33.0. The summed E-state index contributed by atoms with van der Waals surface area (Å²) in [6.07, 6.45) is 8.99. The van der Waals surface area contributed by atoms with Crippen molar-refractivity contribution in [1.29, 1.82) is 0 Å². The van der Waals surface area contributed by atoms with Gasteiger partial charge < -0.3 is 20.4 Å². The third kappa shape index (κ3) is 20.5. The number of halogens is 1. The van der Waals surface area contributed by atoms with Gasteiger partial charge >= 0.3 is 0 Å². The van der Waals surface area contributed by atoms with Gasteiger partial charge in [-0.1, -0.05) is 83.0 Å². The van der Waals surface area contributed by atoms with Crippen molar-refractivity contribution >= 4 is 6.79 Å². The van der Waals surface area contributed by atoms with Gasteiger partial charge in [-0.3, -0.25) is 4.79 Å². The molecule has 43 heavy (non-hydrogen) atoms. The number of carbonyl (C=O) groups excluding carboxylic acids is 1. The van der Waals surface area contributed by atoms with Gasteiger partial charge in [0.15, 0.2) is 0 Å². The maximum absolute atomic E-state index is 12.8. The van der Waals surface area contributed by atoms with Crippen molar-refractivity contribution in [3.8, 4) is 0 Å². The number of carbonyl (C=O) groups is 1. The van der Waals surface area contributed by atoms with Crippen molar-refractivity contribution in [1.82, 2.24) is 15.6 Å². The maximum Gasteiger partial charge on any atom is 0.248 e. The molecule has 6 heteroatoms. The van der Waals surface area contributed by atoms with Gasteiger partial charge in [0.1, 0.15) is 12.6 Å². The second kappa shape index (κ2) is 27.7. The summed E-state index contributed by atoms with van der Waals surface area (Å²) in [5.74, 6) is 1.32. The third-order valence-electron chi connectivity index (χ3n) is 6.45. The smallest absolute Gasteiger partial charge is 0.248 e. The number of aromatic nitrogens is 1. The summed E-state index contributed by atoms with van der Waals surface area (Å²) in [6.45, 7) is 18.6. The predicted molar refractivity (Wildman–Crippen MR) is 185 cm³/mol. The highest BCUT2D eigenvalue weighted by Crippen LogP contribution is 2.44. The number of pyridine rings is 1. The van der Waals surface area contributed by atoms with Crippen molar-refractivity contribution < 1.29 is 9.18 Å². The van der Waals surface area contributed by atoms with E-state index in [0.29, 0.717) is 5.92 Å². The fraction of sp³-hybridized carbons (Fsp3) is 0.514. The SMILES string of the molecule is C=O.CC.CCC.CCCNC.CNCCC(c1ccc(F)cc1)C1CC1.Cc1ccc(Cc2c[nH]c(=O)cc2C)cc1. The summed E-state index contributed by atoms with van der Waals surface area (Å²) in [5, 5.41) is 6.21. The first-order valence-electron chi connectivity index (χ1n) is 15.9. The van der Waals surface area contributed by atoms with Crippen molar-refractivity contribution in [2.24, 2.45) is 5.92 Å². The first-order chi connectivity index (χ1) is 20.8. The summed E-state index contributed by atoms with van der Waals surface area (Å²) in [7, 11) is 3.94. The number of aromatic amines is 1. The highest BCUT2D eigenvalue weighted by molar-refractivity contribution is 5.31. The standard InChI is InChI=1S/C14H15NO.C13H18FN.C4H11N.C3H8.C2H6.CH2O/c1-10-3-5-12(6-4-10)8-13-9-15-14(16)7-11(13)2;1-15-9-8-13(10-2-3-10)11-4-6-12(14)7-5-11;1-3-4-5-2;1-3-2;2*1-2/h3-7,9H,8H2,1-2H3,(H,15,16);4-7,10,13,15H,2-3,8-9H2,1H3;5H,3-4H2,1-2H3;3H2,1-2H3;1-2H3;1H2. The number of hydrogen-bond donors (Lipinski definition) is 3. The van der Waals surface area contributed by atoms with Crippen LogP contribution in [0.3, 0.4) is 0 Å². The number of rotatable bonds is 9. The van der Waals surface area contributed by atoms with Gasteiger partial charge in [0.05, 0.1) is 0 Å². The second-order valence-electron chi connectivity index (χ2n) is 10.4. The van der Waals surface area contributed by atoms with Crippen molar-refractivity contribution in [2.75, 3.05) is 27.2 Å². The van der Waals surface area contributed by atoms with Gasteiger partial charge in [-0.15, -0.1) is 0 Å². The first-order valence-corrected chi connectivity index (χ1v) is 15.9. The molecule has 0 radical (unpaired) electrons. The molecular weight excluding hydrogens is 537 g/mol. The van der Waals surface area contributed by atoms with E-state index in [1.807, 2.05) is 53.8 Å². The number of benzene rings is 2. The number of nitrogens with one attached hydrogen (secondary N) is 3. The molecule has 0 amide bonds. The van der Waals surface area contributed by atoms with Crippen LogP contribution in [0.5, 0.6) is 0 Å². The third-order valence-corrected chi connectivity index (χ3v) is 6.45. The Balaban J connectivity index is 0. The molecule has 2 aromatic carbocycles. The molecular formula is C37H60FN3O2. The molecule has 3 N–H and O–H groups in total. The monoisotopic (exact) mass is 597 g/mol. The van der Waals surface area contributed by atoms with E-state index in [4.69, 9.17) is 4.79 Å². The fourth-order valence-electron chi connectivity index (χ4n) is 4.15. The molecule has 242 valence electrons. The van der Waals surface area contributed by atoms with Crippen LogP contribution in [0.2, 0.25) is 0 Å². The quantitative estimate of drug-likeness (QED) is 0.232. The molecule has 1 aromatic heterocycles. The van der Waals surface area contributed by atoms with E-state index in [-0.39, 0.29) is 11.4 Å². The summed E-state index contributed by atoms with van der Waals surface area (Å²) >= 11 is 0. The van der Waals surface area contributed by atoms with Crippen LogP contribution in [-0.2, 0) is 11.2 Å². The molecule has 3 aromatic rings. The largest absolute Gasteiger partial charge is 0.329 e. The highest BCUT2D eigenvalue weighted by Gasteiger charge is 2.31. The van der Waals surface area contributed by atoms with Crippen LogP contribution in [0.1, 0.15) is 100 Å². The Bertz CT molecular complexity index is 1090. The second-order valence-corrected chi connectivity index (χ2v) is 10.4. The Morgan fingerprint density at radius 3 is 1.86 bits per heavy atom. The zero-order valence-electron chi connectivity index (χ0n) is 28.5. The molecule has 0 bridgehead atoms. The summed E-state index contributed by atoms with van der Waals surface area (Å²) < 4.78 is 12.8. The van der Waals surface area contributed by atoms with Gasteiger partial charge in [-0.05, 0) is 119 Å². The lowest BCUT2D eigenvalue weighted by atomic mass is 9.91. The Kier molecular flexibility index (Phi) is 27.1. The molecule has 1 unspecified atom stereocenters. The molecule has 1 aliphatic carbocycles. The van der Waals surface area contributed by atoms with E-state index in [1.165, 1.54) is 47.9 Å². The van der Waals surface area contributed by atoms with E-state index in [0.717, 1.165) is 37.4 Å². The van der Waals surface area contributed by atoms with E-state index in [9.17, 15) is 9.18 Å². The molecule has 1 fully saturated rings. The van der Waals surface area contributed by atoms with Gasteiger partial charge in [-0.25, -0.2) is 4.39 Å². The Morgan fingerprint density at radius 2 is 1.44 bits per heavy atom. The van der Waals surface area contributed by atoms with Crippen LogP contribution in [0.15, 0.2) is 65.6 Å². The molecule has 0 saturated heterocycles. The Hall–Kier alpha value is -3.09. The average molecular weight is 598 g/mol. The molecule has 1 heterocycles. The summed E-state index contributed by atoms with van der Waals surface area (Å²) in [5.41, 5.74) is 6.01. The zero-order valence-corrected chi connectivity index (χ0v) is 28.5. The molecule has 1 aliphatic rings. The first kappa shape index (κ1) is 42.0. The van der Waals surface area contributed by atoms with Gasteiger partial charge in [-0.2, -0.15) is 0 Å². The Labute approximate surface area is 262 Å². The molecule has 5 nitrogen and oxygen atoms in total. The molecule has 1 saturated carbocycles. The van der Waals surface area contributed by atoms with Gasteiger partial charge in [0.25, 0.3) is 0 Å². The summed E-state index contributed by atoms with van der Waals surface area (Å²) in [6, 6.07) is 17.1. The van der Waals surface area contributed by atoms with Crippen molar-refractivity contribution in [2.45, 2.75) is 92.9 Å². The summed E-state index contributed by atoms with van der Waals surface area (Å²) in [4.78, 5) is 21.8. The number of hydrogen-bond acceptors (Lipinski definition) is 4. The van der Waals surface area contributed by atoms with Gasteiger partial charge in [0.2, 0.25) is 5.56 Å². The molecule has 1 atom stereocenters. The van der Waals surface area contributed by atoms with Crippen LogP contribution in [0, 0.1) is 25.6 Å². The van der Waals surface area contributed by atoms with Crippen LogP contribution >= 0.6 is 0 Å². The topological polar surface area (TPSA) is 74.0 Å². The number of H-pyrrole nitrogens is 1. The molecule has 4 rings (SSSR count). The van der Waals surface area contributed by atoms with Crippen molar-refractivity contribution in [3.05, 3.63) is 105 Å². The minimum Gasteiger partial charge on any atom is -0.329 e. The highest BCUT2D eigenvalue weighted by atomic mass is 19.1. The van der Waals surface area contributed by atoms with E-state index in [2.05, 4.69) is 67.6 Å². The normalized spacial score (nSPS) is 11.7. The van der Waals surface area contributed by atoms with E-state index >= 15 is 0 Å². The molecule has 0 aliphatic heterocycles. The average Bonchev–Trinajstić information content (AvgIpc) is 3.86. The van der Waals surface area contributed by atoms with Crippen molar-refractivity contribution in [3.63, 3.8) is 0 Å². The number of aryl methyl sites for hydroxylation is 2. The van der Waals surface area contributed by atoms with Crippen LogP contribution < -0.4 is 16.2 Å². The minimum atomic E-state index is -0.137.